The minimum Gasteiger partial charge on any atom is -1.00 e. The van der Waals surface area contributed by atoms with Crippen LogP contribution >= 0.6 is 0 Å². The van der Waals surface area contributed by atoms with Crippen LogP contribution in [0.5, 0.6) is 0 Å². The van der Waals surface area contributed by atoms with Gasteiger partial charge < -0.3 is 37.9 Å². The Balaban J connectivity index is 0.00000456. The highest BCUT2D eigenvalue weighted by Gasteiger charge is 2.40. The molecular weight excluding hydrogens is 482 g/mol. The number of halogens is 1. The molecule has 2 aromatic rings. The normalized spacial score (nSPS) is 18.3. The third-order valence-electron chi connectivity index (χ3n) is 6.66. The van der Waals surface area contributed by atoms with Crippen molar-refractivity contribution in [2.45, 2.75) is 91.1 Å². The molecule has 10 heteroatoms. The van der Waals surface area contributed by atoms with E-state index in [2.05, 4.69) is 21.2 Å². The predicted molar refractivity (Wildman–Crippen MR) is 131 cm³/mol. The van der Waals surface area contributed by atoms with Crippen molar-refractivity contribution in [3.05, 3.63) is 47.2 Å². The predicted octanol–water partition coefficient (Wildman–Crippen LogP) is -1.23. The lowest BCUT2D eigenvalue weighted by atomic mass is 9.91. The summed E-state index contributed by atoms with van der Waals surface area (Å²) in [7, 11) is 0. The van der Waals surface area contributed by atoms with Gasteiger partial charge in [0.15, 0.2) is 12.1 Å². The van der Waals surface area contributed by atoms with Crippen molar-refractivity contribution in [2.75, 3.05) is 0 Å². The summed E-state index contributed by atoms with van der Waals surface area (Å²) in [5.41, 5.74) is 5.76. The number of hydrogen-bond donors (Lipinski definition) is 3. The largest absolute Gasteiger partial charge is 1.00 e. The van der Waals surface area contributed by atoms with Crippen molar-refractivity contribution in [2.24, 2.45) is 11.8 Å². The van der Waals surface area contributed by atoms with Gasteiger partial charge in [-0.05, 0) is 17.0 Å². The molecule has 0 fully saturated rings. The zero-order valence-electron chi connectivity index (χ0n) is 22.3. The molecule has 0 saturated carbocycles. The molecule has 1 aromatic carbocycles. The lowest BCUT2D eigenvalue weighted by Gasteiger charge is -2.38. The zero-order chi connectivity index (χ0) is 26.1. The maximum atomic E-state index is 13.6. The van der Waals surface area contributed by atoms with E-state index in [1.165, 1.54) is 0 Å². The van der Waals surface area contributed by atoms with Crippen molar-refractivity contribution in [1.82, 2.24) is 20.4 Å². The first-order valence-electron chi connectivity index (χ1n) is 12.3. The van der Waals surface area contributed by atoms with Crippen LogP contribution in [0.25, 0.3) is 0 Å². The summed E-state index contributed by atoms with van der Waals surface area (Å²) in [6.45, 7) is 13.9. The van der Waals surface area contributed by atoms with Gasteiger partial charge in [0.1, 0.15) is 6.04 Å². The standard InChI is InChI=1S/C26H39N5O4.ClH/c1-14(2)19(27)24(34)31-13-17-11-9-8-10-16(17)12-18(31)22(33)28-20(15(3)4)21(32)23-29-30-25(35-23)26(5,6)7;/h8-11,14-15,18-21,32H,12-13,27H2,1-7H3,(H,28,33);1H/t18-,19-,20-,21?;/m0./s1. The van der Waals surface area contributed by atoms with Gasteiger partial charge >= 0.3 is 0 Å². The molecule has 1 aromatic heterocycles. The zero-order valence-corrected chi connectivity index (χ0v) is 23.0. The molecule has 36 heavy (non-hydrogen) atoms. The van der Waals surface area contributed by atoms with Crippen LogP contribution in [0.2, 0.25) is 0 Å². The fourth-order valence-corrected chi connectivity index (χ4v) is 4.17. The third kappa shape index (κ3) is 6.44. The molecule has 9 nitrogen and oxygen atoms in total. The number of nitrogens with zero attached hydrogens (tertiary/aromatic N) is 3. The van der Waals surface area contributed by atoms with Gasteiger partial charge in [-0.25, -0.2) is 0 Å². The summed E-state index contributed by atoms with van der Waals surface area (Å²) in [6.07, 6.45) is -0.785. The minimum absolute atomic E-state index is 0. The van der Waals surface area contributed by atoms with E-state index in [4.69, 9.17) is 4.42 Å². The minimum atomic E-state index is -1.18. The second-order valence-corrected chi connectivity index (χ2v) is 11.2. The summed E-state index contributed by atoms with van der Waals surface area (Å²) >= 11 is 0. The van der Waals surface area contributed by atoms with E-state index in [0.29, 0.717) is 18.9 Å². The van der Waals surface area contributed by atoms with Crippen molar-refractivity contribution < 1.29 is 37.3 Å². The van der Waals surface area contributed by atoms with E-state index < -0.39 is 24.2 Å². The van der Waals surface area contributed by atoms with Gasteiger partial charge in [-0.3, -0.25) is 9.59 Å². The molecule has 200 valence electrons. The number of fused-ring (bicyclic) bond motifs is 1. The number of nitrogens with one attached hydrogen (secondary N) is 1. The molecule has 1 aliphatic rings. The molecule has 1 aliphatic heterocycles. The molecule has 0 spiro atoms. The first-order chi connectivity index (χ1) is 16.3. The second-order valence-electron chi connectivity index (χ2n) is 11.2. The highest BCUT2D eigenvalue weighted by atomic mass is 35.5. The fraction of sp³-hybridized carbons (Fsp3) is 0.615. The number of quaternary nitrogens is 1. The van der Waals surface area contributed by atoms with E-state index in [0.717, 1.165) is 11.1 Å². The van der Waals surface area contributed by atoms with Gasteiger partial charge in [0.05, 0.1) is 6.04 Å². The second kappa shape index (κ2) is 11.7. The summed E-state index contributed by atoms with van der Waals surface area (Å²) < 4.78 is 5.74. The van der Waals surface area contributed by atoms with Crippen LogP contribution in [-0.2, 0) is 28.0 Å². The first kappa shape index (κ1) is 29.7. The molecule has 2 amide bonds. The van der Waals surface area contributed by atoms with Crippen LogP contribution in [0.4, 0.5) is 0 Å². The van der Waals surface area contributed by atoms with Gasteiger partial charge in [-0.2, -0.15) is 0 Å². The summed E-state index contributed by atoms with van der Waals surface area (Å²) in [5, 5.41) is 22.2. The lowest BCUT2D eigenvalue weighted by Crippen LogP contribution is -3.00. The number of aromatic nitrogens is 2. The fourth-order valence-electron chi connectivity index (χ4n) is 4.17. The third-order valence-corrected chi connectivity index (χ3v) is 6.66. The van der Waals surface area contributed by atoms with E-state index in [9.17, 15) is 14.7 Å². The van der Waals surface area contributed by atoms with Crippen LogP contribution in [0.1, 0.15) is 77.5 Å². The summed E-state index contributed by atoms with van der Waals surface area (Å²) in [4.78, 5) is 28.6. The van der Waals surface area contributed by atoms with Gasteiger partial charge in [0, 0.05) is 24.3 Å². The SMILES string of the molecule is CC(C)[C@H](NC(=O)[C@@H]1Cc2ccccc2CN1C(=O)[C@@H]([NH3+])C(C)C)C(O)c1nnc(C(C)(C)C)o1.[Cl-]. The first-order valence-corrected chi connectivity index (χ1v) is 12.3. The van der Waals surface area contributed by atoms with Crippen LogP contribution < -0.4 is 23.5 Å². The summed E-state index contributed by atoms with van der Waals surface area (Å²) in [6, 6.07) is 6.01. The summed E-state index contributed by atoms with van der Waals surface area (Å²) in [5.74, 6) is -0.0804. The van der Waals surface area contributed by atoms with Crippen LogP contribution in [0.3, 0.4) is 0 Å². The Morgan fingerprint density at radius 2 is 1.72 bits per heavy atom. The number of benzene rings is 1. The van der Waals surface area contributed by atoms with E-state index >= 15 is 0 Å². The Hall–Kier alpha value is -2.49. The van der Waals surface area contributed by atoms with Gasteiger partial charge in [-0.15, -0.1) is 10.2 Å². The number of hydrogen-bond acceptors (Lipinski definition) is 6. The number of aliphatic hydroxyl groups is 1. The van der Waals surface area contributed by atoms with Gasteiger partial charge in [0.2, 0.25) is 17.7 Å². The monoisotopic (exact) mass is 521 g/mol. The maximum absolute atomic E-state index is 13.6. The molecule has 4 atom stereocenters. The van der Waals surface area contributed by atoms with E-state index in [1.807, 2.05) is 72.7 Å². The Labute approximate surface area is 219 Å². The molecule has 1 unspecified atom stereocenters. The molecule has 2 heterocycles. The van der Waals surface area contributed by atoms with E-state index in [1.54, 1.807) is 4.90 Å². The number of rotatable bonds is 7. The van der Waals surface area contributed by atoms with Crippen molar-refractivity contribution in [1.29, 1.82) is 0 Å². The molecule has 3 rings (SSSR count). The number of carbonyl (C=O) groups is 2. The Morgan fingerprint density at radius 1 is 1.11 bits per heavy atom. The maximum Gasteiger partial charge on any atom is 0.281 e. The van der Waals surface area contributed by atoms with Gasteiger partial charge in [-0.1, -0.05) is 72.7 Å². The molecule has 0 radical (unpaired) electrons. The lowest BCUT2D eigenvalue weighted by molar-refractivity contribution is -0.416. The van der Waals surface area contributed by atoms with Crippen molar-refractivity contribution in [3.63, 3.8) is 0 Å². The van der Waals surface area contributed by atoms with Crippen LogP contribution in [0.15, 0.2) is 28.7 Å². The average molecular weight is 522 g/mol. The molecular formula is C26H40ClN5O4. The average Bonchev–Trinajstić information content (AvgIpc) is 3.31. The number of amides is 2. The highest BCUT2D eigenvalue weighted by Crippen LogP contribution is 2.28. The molecule has 0 saturated heterocycles. The van der Waals surface area contributed by atoms with Crippen LogP contribution in [0, 0.1) is 11.8 Å². The van der Waals surface area contributed by atoms with E-state index in [-0.39, 0.29) is 47.4 Å². The Bertz CT molecular complexity index is 1050. The Morgan fingerprint density at radius 3 is 2.25 bits per heavy atom. The molecule has 0 aliphatic carbocycles. The quantitative estimate of drug-likeness (QED) is 0.417. The van der Waals surface area contributed by atoms with Crippen LogP contribution in [-0.4, -0.2) is 50.1 Å². The van der Waals surface area contributed by atoms with Crippen molar-refractivity contribution >= 4 is 11.8 Å². The Kier molecular flexibility index (Phi) is 9.67. The highest BCUT2D eigenvalue weighted by molar-refractivity contribution is 5.90. The molecule has 0 bridgehead atoms. The van der Waals surface area contributed by atoms with Gasteiger partial charge in [0.25, 0.3) is 5.91 Å². The topological polar surface area (TPSA) is 136 Å². The molecule has 5 N–H and O–H groups in total. The number of aliphatic hydroxyl groups excluding tert-OH is 1. The number of carbonyl (C=O) groups excluding carboxylic acids is 2. The smallest absolute Gasteiger partial charge is 0.281 e. The van der Waals surface area contributed by atoms with Crippen molar-refractivity contribution in [3.8, 4) is 0 Å².